The summed E-state index contributed by atoms with van der Waals surface area (Å²) in [7, 11) is 0. The van der Waals surface area contributed by atoms with Gasteiger partial charge in [-0.25, -0.2) is 9.97 Å². The lowest BCUT2D eigenvalue weighted by Gasteiger charge is -2.05. The second-order valence-corrected chi connectivity index (χ2v) is 6.46. The number of hydrogen-bond donors (Lipinski definition) is 1. The third kappa shape index (κ3) is 1.02. The number of nitrogens with zero attached hydrogens (tertiary/aromatic N) is 2. The summed E-state index contributed by atoms with van der Waals surface area (Å²) < 4.78 is 0. The second kappa shape index (κ2) is 2.95. The van der Waals surface area contributed by atoms with Gasteiger partial charge in [0, 0.05) is 12.1 Å². The Labute approximate surface area is 106 Å². The molecule has 0 amide bonds. The summed E-state index contributed by atoms with van der Waals surface area (Å²) in [6.45, 7) is 2.13. The van der Waals surface area contributed by atoms with E-state index in [9.17, 15) is 0 Å². The number of rotatable bonds is 1. The molecule has 92 valence electrons. The van der Waals surface area contributed by atoms with Gasteiger partial charge in [0.15, 0.2) is 5.65 Å². The number of H-pyrrole nitrogens is 1. The molecule has 2 heterocycles. The highest BCUT2D eigenvalue weighted by Crippen LogP contribution is 2.72. The lowest BCUT2D eigenvalue weighted by Crippen LogP contribution is -1.98. The van der Waals surface area contributed by atoms with Crippen LogP contribution in [0.3, 0.4) is 0 Å². The average molecular weight is 239 g/mol. The molecule has 5 rings (SSSR count). The van der Waals surface area contributed by atoms with Crippen LogP contribution in [0.4, 0.5) is 0 Å². The number of fused-ring (bicyclic) bond motifs is 6. The molecular weight excluding hydrogens is 222 g/mol. The van der Waals surface area contributed by atoms with E-state index in [2.05, 4.69) is 23.0 Å². The third-order valence-corrected chi connectivity index (χ3v) is 5.67. The van der Waals surface area contributed by atoms with Crippen molar-refractivity contribution in [3.05, 3.63) is 23.7 Å². The Morgan fingerprint density at radius 1 is 1.22 bits per heavy atom. The van der Waals surface area contributed by atoms with Crippen LogP contribution in [-0.2, 0) is 0 Å². The lowest BCUT2D eigenvalue weighted by atomic mass is 10.0. The molecule has 0 saturated heterocycles. The van der Waals surface area contributed by atoms with Crippen LogP contribution in [0.1, 0.15) is 36.6 Å². The van der Waals surface area contributed by atoms with E-state index in [4.69, 9.17) is 4.98 Å². The third-order valence-electron chi connectivity index (χ3n) is 5.67. The molecule has 3 aliphatic rings. The first-order valence-electron chi connectivity index (χ1n) is 7.14. The summed E-state index contributed by atoms with van der Waals surface area (Å²) in [5.41, 5.74) is 3.31. The molecule has 2 aromatic rings. The van der Waals surface area contributed by atoms with E-state index in [1.54, 1.807) is 0 Å². The minimum Gasteiger partial charge on any atom is -0.340 e. The predicted molar refractivity (Wildman–Crippen MR) is 69.2 cm³/mol. The molecule has 0 aliphatic heterocycles. The van der Waals surface area contributed by atoms with Crippen molar-refractivity contribution >= 4 is 11.2 Å². The van der Waals surface area contributed by atoms with Gasteiger partial charge in [-0.1, -0.05) is 0 Å². The maximum atomic E-state index is 4.75. The minimum absolute atomic E-state index is 0.727. The van der Waals surface area contributed by atoms with Crippen LogP contribution in [0.2, 0.25) is 0 Å². The van der Waals surface area contributed by atoms with Crippen molar-refractivity contribution < 1.29 is 0 Å². The van der Waals surface area contributed by atoms with E-state index in [1.165, 1.54) is 30.7 Å². The van der Waals surface area contributed by atoms with E-state index in [0.717, 1.165) is 40.8 Å². The Kier molecular flexibility index (Phi) is 1.57. The fourth-order valence-electron chi connectivity index (χ4n) is 4.90. The van der Waals surface area contributed by atoms with Gasteiger partial charge in [0.2, 0.25) is 0 Å². The van der Waals surface area contributed by atoms with Gasteiger partial charge in [-0.15, -0.1) is 0 Å². The highest BCUT2D eigenvalue weighted by molar-refractivity contribution is 5.74. The molecule has 2 aromatic heterocycles. The Bertz CT molecular complexity index is 628. The number of aromatic nitrogens is 3. The highest BCUT2D eigenvalue weighted by atomic mass is 15.0. The zero-order valence-corrected chi connectivity index (χ0v) is 10.6. The molecule has 3 heteroatoms. The summed E-state index contributed by atoms with van der Waals surface area (Å²) in [5.74, 6) is 5.86. The molecule has 4 atom stereocenters. The summed E-state index contributed by atoms with van der Waals surface area (Å²) in [4.78, 5) is 12.7. The van der Waals surface area contributed by atoms with Crippen LogP contribution in [0.5, 0.6) is 0 Å². The van der Waals surface area contributed by atoms with Crippen molar-refractivity contribution in [1.29, 1.82) is 0 Å². The van der Waals surface area contributed by atoms with E-state index in [-0.39, 0.29) is 0 Å². The van der Waals surface area contributed by atoms with Crippen molar-refractivity contribution in [1.82, 2.24) is 15.0 Å². The molecule has 2 bridgehead atoms. The van der Waals surface area contributed by atoms with Crippen molar-refractivity contribution in [3.63, 3.8) is 0 Å². The van der Waals surface area contributed by atoms with Gasteiger partial charge in [0.25, 0.3) is 0 Å². The van der Waals surface area contributed by atoms with Gasteiger partial charge in [0.05, 0.1) is 5.52 Å². The van der Waals surface area contributed by atoms with Crippen LogP contribution in [-0.4, -0.2) is 15.0 Å². The molecule has 0 spiro atoms. The minimum atomic E-state index is 0.727. The van der Waals surface area contributed by atoms with Crippen molar-refractivity contribution in [2.24, 2.45) is 23.7 Å². The van der Waals surface area contributed by atoms with Gasteiger partial charge < -0.3 is 4.98 Å². The first-order valence-corrected chi connectivity index (χ1v) is 7.14. The van der Waals surface area contributed by atoms with Gasteiger partial charge in [-0.2, -0.15) is 0 Å². The normalized spacial score (nSPS) is 40.4. The Hall–Kier alpha value is -1.38. The molecule has 1 N–H and O–H groups in total. The topological polar surface area (TPSA) is 41.6 Å². The van der Waals surface area contributed by atoms with Gasteiger partial charge in [-0.05, 0) is 61.5 Å². The van der Waals surface area contributed by atoms with Crippen LogP contribution < -0.4 is 0 Å². The molecule has 18 heavy (non-hydrogen) atoms. The van der Waals surface area contributed by atoms with Crippen molar-refractivity contribution in [2.45, 2.75) is 32.1 Å². The van der Waals surface area contributed by atoms with E-state index < -0.39 is 0 Å². The summed E-state index contributed by atoms with van der Waals surface area (Å²) in [6, 6.07) is 2.06. The number of pyridine rings is 1. The number of hydrogen-bond acceptors (Lipinski definition) is 2. The number of nitrogens with one attached hydrogen (secondary N) is 1. The largest absolute Gasteiger partial charge is 0.340 e. The summed E-state index contributed by atoms with van der Waals surface area (Å²) in [6.07, 6.45) is 6.31. The fraction of sp³-hybridized carbons (Fsp3) is 0.600. The zero-order valence-electron chi connectivity index (χ0n) is 10.6. The van der Waals surface area contributed by atoms with E-state index in [0.29, 0.717) is 0 Å². The Balaban J connectivity index is 1.59. The van der Waals surface area contributed by atoms with Crippen LogP contribution in [0, 0.1) is 30.6 Å². The Morgan fingerprint density at radius 3 is 2.72 bits per heavy atom. The molecule has 3 saturated carbocycles. The smallest absolute Gasteiger partial charge is 0.177 e. The van der Waals surface area contributed by atoms with E-state index >= 15 is 0 Å². The molecule has 3 fully saturated rings. The van der Waals surface area contributed by atoms with Gasteiger partial charge in [0.1, 0.15) is 5.82 Å². The molecule has 0 radical (unpaired) electrons. The van der Waals surface area contributed by atoms with Gasteiger partial charge in [-0.3, -0.25) is 0 Å². The molecule has 4 unspecified atom stereocenters. The average Bonchev–Trinajstić information content (AvgIpc) is 2.77. The van der Waals surface area contributed by atoms with Crippen molar-refractivity contribution in [3.8, 4) is 0 Å². The lowest BCUT2D eigenvalue weighted by molar-refractivity contribution is 0.456. The van der Waals surface area contributed by atoms with Crippen LogP contribution in [0.15, 0.2) is 12.3 Å². The van der Waals surface area contributed by atoms with Crippen LogP contribution in [0.25, 0.3) is 11.2 Å². The number of aromatic amines is 1. The fourth-order valence-corrected chi connectivity index (χ4v) is 4.90. The second-order valence-electron chi connectivity index (χ2n) is 6.46. The maximum Gasteiger partial charge on any atom is 0.177 e. The SMILES string of the molecule is Cc1ccnc2nc(C3C4C5CCC(C5)C34)[nH]c12. The quantitative estimate of drug-likeness (QED) is 0.831. The van der Waals surface area contributed by atoms with Gasteiger partial charge >= 0.3 is 0 Å². The first-order chi connectivity index (χ1) is 8.83. The molecule has 0 aromatic carbocycles. The zero-order chi connectivity index (χ0) is 11.9. The van der Waals surface area contributed by atoms with Crippen molar-refractivity contribution in [2.75, 3.05) is 0 Å². The summed E-state index contributed by atoms with van der Waals surface area (Å²) >= 11 is 0. The standard InChI is InChI=1S/C15H17N3/c1-7-4-5-16-15-13(7)17-14(18-15)12-10-8-2-3-9(6-8)11(10)12/h4-5,8-12H,2-3,6H2,1H3,(H,16,17,18). The molecular formula is C15H17N3. The highest BCUT2D eigenvalue weighted by Gasteiger charge is 2.66. The number of aryl methyl sites for hydroxylation is 1. The monoisotopic (exact) mass is 239 g/mol. The van der Waals surface area contributed by atoms with E-state index in [1.807, 2.05) is 6.20 Å². The predicted octanol–water partition coefficient (Wildman–Crippen LogP) is 3.03. The maximum absolute atomic E-state index is 4.75. The van der Waals surface area contributed by atoms with Crippen LogP contribution >= 0.6 is 0 Å². The molecule has 3 nitrogen and oxygen atoms in total. The Morgan fingerprint density at radius 2 is 2.00 bits per heavy atom. The summed E-state index contributed by atoms with van der Waals surface area (Å²) in [5, 5.41) is 0. The first kappa shape index (κ1) is 9.54. The molecule has 3 aliphatic carbocycles. The number of imidazole rings is 1.